The van der Waals surface area contributed by atoms with Gasteiger partial charge in [0.15, 0.2) is 0 Å². The zero-order valence-electron chi connectivity index (χ0n) is 10.6. The number of aryl methyl sites for hydroxylation is 1. The molecule has 0 fully saturated rings. The molecule has 0 saturated carbocycles. The minimum Gasteiger partial charge on any atom is -0.399 e. The second-order valence-electron chi connectivity index (χ2n) is 4.45. The van der Waals surface area contributed by atoms with E-state index >= 15 is 0 Å². The van der Waals surface area contributed by atoms with E-state index in [1.807, 2.05) is 6.92 Å². The number of nitrogen functional groups attached to an aromatic ring is 1. The normalized spacial score (nSPS) is 11.4. The van der Waals surface area contributed by atoms with Gasteiger partial charge in [-0.3, -0.25) is 0 Å². The van der Waals surface area contributed by atoms with E-state index in [2.05, 4.69) is 5.32 Å². The largest absolute Gasteiger partial charge is 0.416 e. The smallest absolute Gasteiger partial charge is 0.399 e. The van der Waals surface area contributed by atoms with Gasteiger partial charge in [-0.25, -0.2) is 0 Å². The Balaban J connectivity index is 2.37. The van der Waals surface area contributed by atoms with Crippen molar-refractivity contribution >= 4 is 28.7 Å². The molecule has 0 radical (unpaired) electrons. The van der Waals surface area contributed by atoms with Crippen LogP contribution in [0.25, 0.3) is 0 Å². The van der Waals surface area contributed by atoms with Crippen LogP contribution in [0.1, 0.15) is 11.1 Å². The lowest BCUT2D eigenvalue weighted by molar-refractivity contribution is -0.137. The van der Waals surface area contributed by atoms with Crippen molar-refractivity contribution in [1.29, 1.82) is 0 Å². The molecule has 0 unspecified atom stereocenters. The summed E-state index contributed by atoms with van der Waals surface area (Å²) >= 11 is 5.91. The maximum absolute atomic E-state index is 12.7. The number of rotatable bonds is 2. The fourth-order valence-corrected chi connectivity index (χ4v) is 2.00. The van der Waals surface area contributed by atoms with Crippen molar-refractivity contribution in [3.05, 3.63) is 52.5 Å². The Morgan fingerprint density at radius 1 is 1.10 bits per heavy atom. The molecule has 3 N–H and O–H groups in total. The second kappa shape index (κ2) is 5.25. The Morgan fingerprint density at radius 2 is 1.80 bits per heavy atom. The Kier molecular flexibility index (Phi) is 3.81. The predicted octanol–water partition coefficient (Wildman–Crippen LogP) is 4.99. The molecular formula is C14H12ClF3N2. The van der Waals surface area contributed by atoms with Gasteiger partial charge >= 0.3 is 6.18 Å². The van der Waals surface area contributed by atoms with Crippen molar-refractivity contribution in [2.75, 3.05) is 11.1 Å². The molecule has 0 aliphatic carbocycles. The van der Waals surface area contributed by atoms with E-state index in [9.17, 15) is 13.2 Å². The van der Waals surface area contributed by atoms with Crippen LogP contribution < -0.4 is 11.1 Å². The van der Waals surface area contributed by atoms with Crippen LogP contribution >= 0.6 is 11.6 Å². The van der Waals surface area contributed by atoms with Crippen LogP contribution in [0.4, 0.5) is 30.2 Å². The molecule has 0 heterocycles. The van der Waals surface area contributed by atoms with Crippen LogP contribution in [0.15, 0.2) is 36.4 Å². The van der Waals surface area contributed by atoms with Gasteiger partial charge in [0.05, 0.1) is 16.3 Å². The molecule has 2 rings (SSSR count). The summed E-state index contributed by atoms with van der Waals surface area (Å²) in [4.78, 5) is 0. The molecule has 0 bridgehead atoms. The molecule has 0 aliphatic rings. The van der Waals surface area contributed by atoms with Crippen molar-refractivity contribution in [3.63, 3.8) is 0 Å². The van der Waals surface area contributed by atoms with E-state index in [0.717, 1.165) is 17.7 Å². The number of nitrogens with one attached hydrogen (secondary N) is 1. The minimum atomic E-state index is -4.41. The molecule has 6 heteroatoms. The molecule has 20 heavy (non-hydrogen) atoms. The molecule has 0 aliphatic heterocycles. The maximum atomic E-state index is 12.7. The lowest BCUT2D eigenvalue weighted by Gasteiger charge is -2.13. The van der Waals surface area contributed by atoms with Gasteiger partial charge in [0, 0.05) is 11.4 Å². The minimum absolute atomic E-state index is 0.187. The van der Waals surface area contributed by atoms with Gasteiger partial charge in [-0.1, -0.05) is 11.6 Å². The summed E-state index contributed by atoms with van der Waals surface area (Å²) in [5, 5.41) is 3.06. The van der Waals surface area contributed by atoms with Crippen LogP contribution in [0.5, 0.6) is 0 Å². The molecule has 106 valence electrons. The first kappa shape index (κ1) is 14.5. The number of nitrogens with two attached hydrogens (primary N) is 1. The zero-order chi connectivity index (χ0) is 14.9. The van der Waals surface area contributed by atoms with Crippen LogP contribution in [-0.4, -0.2) is 0 Å². The molecule has 0 atom stereocenters. The van der Waals surface area contributed by atoms with E-state index in [1.54, 1.807) is 18.2 Å². The molecular weight excluding hydrogens is 289 g/mol. The quantitative estimate of drug-likeness (QED) is 0.767. The Labute approximate surface area is 119 Å². The topological polar surface area (TPSA) is 38.0 Å². The summed E-state index contributed by atoms with van der Waals surface area (Å²) in [5.74, 6) is 0. The molecule has 0 spiro atoms. The second-order valence-corrected chi connectivity index (χ2v) is 4.86. The maximum Gasteiger partial charge on any atom is 0.416 e. The van der Waals surface area contributed by atoms with Gasteiger partial charge < -0.3 is 11.1 Å². The fourth-order valence-electron chi connectivity index (χ4n) is 1.84. The third-order valence-electron chi connectivity index (χ3n) is 2.67. The predicted molar refractivity (Wildman–Crippen MR) is 75.3 cm³/mol. The summed E-state index contributed by atoms with van der Waals surface area (Å²) in [5.41, 5.74) is 7.13. The first-order valence-electron chi connectivity index (χ1n) is 5.76. The van der Waals surface area contributed by atoms with Crippen molar-refractivity contribution in [2.45, 2.75) is 13.1 Å². The zero-order valence-corrected chi connectivity index (χ0v) is 11.3. The third-order valence-corrected chi connectivity index (χ3v) is 3.00. The number of benzene rings is 2. The van der Waals surface area contributed by atoms with Crippen LogP contribution in [0.3, 0.4) is 0 Å². The number of hydrogen-bond donors (Lipinski definition) is 2. The van der Waals surface area contributed by atoms with E-state index in [-0.39, 0.29) is 10.7 Å². The summed E-state index contributed by atoms with van der Waals surface area (Å²) in [7, 11) is 0. The Hall–Kier alpha value is -1.88. The first-order valence-corrected chi connectivity index (χ1v) is 6.14. The molecule has 0 amide bonds. The van der Waals surface area contributed by atoms with Crippen molar-refractivity contribution < 1.29 is 13.2 Å². The monoisotopic (exact) mass is 300 g/mol. The third kappa shape index (κ3) is 3.36. The van der Waals surface area contributed by atoms with Crippen molar-refractivity contribution in [2.24, 2.45) is 0 Å². The molecule has 2 aromatic carbocycles. The highest BCUT2D eigenvalue weighted by Gasteiger charge is 2.30. The Bertz CT molecular complexity index is 619. The van der Waals surface area contributed by atoms with Crippen molar-refractivity contribution in [3.8, 4) is 0 Å². The SMILES string of the molecule is Cc1cc(N)cc(Nc2cc(C(F)(F)F)ccc2Cl)c1. The number of halogens is 4. The summed E-state index contributed by atoms with van der Waals surface area (Å²) in [6.45, 7) is 1.84. The van der Waals surface area contributed by atoms with E-state index < -0.39 is 11.7 Å². The summed E-state index contributed by atoms with van der Waals surface area (Å²) in [6.07, 6.45) is -4.41. The first-order chi connectivity index (χ1) is 9.25. The van der Waals surface area contributed by atoms with Gasteiger partial charge in [-0.15, -0.1) is 0 Å². The van der Waals surface area contributed by atoms with Crippen LogP contribution in [-0.2, 0) is 6.18 Å². The van der Waals surface area contributed by atoms with Gasteiger partial charge in [-0.05, 0) is 48.9 Å². The highest BCUT2D eigenvalue weighted by molar-refractivity contribution is 6.33. The van der Waals surface area contributed by atoms with Crippen LogP contribution in [0.2, 0.25) is 5.02 Å². The molecule has 2 aromatic rings. The number of hydrogen-bond acceptors (Lipinski definition) is 2. The number of anilines is 3. The van der Waals surface area contributed by atoms with E-state index in [4.69, 9.17) is 17.3 Å². The fraction of sp³-hybridized carbons (Fsp3) is 0.143. The lowest BCUT2D eigenvalue weighted by Crippen LogP contribution is -2.05. The van der Waals surface area contributed by atoms with Gasteiger partial charge in [-0.2, -0.15) is 13.2 Å². The van der Waals surface area contributed by atoms with Gasteiger partial charge in [0.2, 0.25) is 0 Å². The van der Waals surface area contributed by atoms with Crippen LogP contribution in [0, 0.1) is 6.92 Å². The Morgan fingerprint density at radius 3 is 2.40 bits per heavy atom. The highest BCUT2D eigenvalue weighted by atomic mass is 35.5. The average molecular weight is 301 g/mol. The van der Waals surface area contributed by atoms with Crippen molar-refractivity contribution in [1.82, 2.24) is 0 Å². The molecule has 0 saturated heterocycles. The van der Waals surface area contributed by atoms with E-state index in [1.165, 1.54) is 6.07 Å². The summed E-state index contributed by atoms with van der Waals surface area (Å²) < 4.78 is 38.0. The molecule has 2 nitrogen and oxygen atoms in total. The van der Waals surface area contributed by atoms with E-state index in [0.29, 0.717) is 11.4 Å². The standard InChI is InChI=1S/C14H12ClF3N2/c1-8-4-10(19)7-11(5-8)20-13-6-9(14(16,17)18)2-3-12(13)15/h2-7,20H,19H2,1H3. The van der Waals surface area contributed by atoms with Gasteiger partial charge in [0.25, 0.3) is 0 Å². The number of alkyl halides is 3. The average Bonchev–Trinajstić information content (AvgIpc) is 2.29. The molecule has 0 aromatic heterocycles. The highest BCUT2D eigenvalue weighted by Crippen LogP contribution is 2.35. The van der Waals surface area contributed by atoms with Gasteiger partial charge in [0.1, 0.15) is 0 Å². The lowest BCUT2D eigenvalue weighted by atomic mass is 10.1. The summed E-state index contributed by atoms with van der Waals surface area (Å²) in [6, 6.07) is 8.29.